The Balaban J connectivity index is 3.18. The Labute approximate surface area is 97.5 Å². The lowest BCUT2D eigenvalue weighted by atomic mass is 10.0. The lowest BCUT2D eigenvalue weighted by Crippen LogP contribution is -2.07. The van der Waals surface area contributed by atoms with Crippen molar-refractivity contribution in [1.82, 2.24) is 4.98 Å². The highest BCUT2D eigenvalue weighted by molar-refractivity contribution is 5.54. The van der Waals surface area contributed by atoms with Crippen LogP contribution in [0.5, 0.6) is 0 Å². The second kappa shape index (κ2) is 6.12. The summed E-state index contributed by atoms with van der Waals surface area (Å²) in [6.45, 7) is 7.05. The van der Waals surface area contributed by atoms with Crippen LogP contribution in [0.4, 0.5) is 5.82 Å². The highest BCUT2D eigenvalue weighted by Gasteiger charge is 2.09. The van der Waals surface area contributed by atoms with E-state index in [1.807, 2.05) is 13.0 Å². The fraction of sp³-hybridized carbons (Fsp3) is 0.538. The first-order chi connectivity index (χ1) is 7.76. The van der Waals surface area contributed by atoms with E-state index >= 15 is 0 Å². The number of nitriles is 1. The Hall–Kier alpha value is -1.56. The van der Waals surface area contributed by atoms with Gasteiger partial charge in [0, 0.05) is 12.2 Å². The van der Waals surface area contributed by atoms with Crippen LogP contribution < -0.4 is 5.32 Å². The van der Waals surface area contributed by atoms with E-state index in [2.05, 4.69) is 30.2 Å². The van der Waals surface area contributed by atoms with E-state index in [9.17, 15) is 0 Å². The Bertz CT molecular complexity index is 391. The highest BCUT2D eigenvalue weighted by atomic mass is 15.0. The molecular weight excluding hydrogens is 198 g/mol. The Morgan fingerprint density at radius 3 is 2.62 bits per heavy atom. The molecule has 3 heteroatoms. The van der Waals surface area contributed by atoms with Gasteiger partial charge in [0.05, 0.1) is 5.56 Å². The van der Waals surface area contributed by atoms with Crippen LogP contribution in [0.25, 0.3) is 0 Å². The molecular formula is C13H19N3. The fourth-order valence-electron chi connectivity index (χ4n) is 1.74. The Kier molecular flexibility index (Phi) is 4.78. The van der Waals surface area contributed by atoms with Crippen molar-refractivity contribution in [2.75, 3.05) is 11.9 Å². The van der Waals surface area contributed by atoms with Gasteiger partial charge in [0.25, 0.3) is 0 Å². The van der Waals surface area contributed by atoms with Crippen molar-refractivity contribution in [2.45, 2.75) is 40.0 Å². The minimum atomic E-state index is 0.651. The van der Waals surface area contributed by atoms with Crippen molar-refractivity contribution < 1.29 is 0 Å². The van der Waals surface area contributed by atoms with Gasteiger partial charge in [-0.05, 0) is 31.4 Å². The zero-order valence-electron chi connectivity index (χ0n) is 10.3. The summed E-state index contributed by atoms with van der Waals surface area (Å²) < 4.78 is 0. The molecule has 1 heterocycles. The number of anilines is 1. The number of pyridine rings is 1. The van der Waals surface area contributed by atoms with Crippen molar-refractivity contribution in [3.63, 3.8) is 0 Å². The lowest BCUT2D eigenvalue weighted by Gasteiger charge is -2.11. The van der Waals surface area contributed by atoms with Crippen molar-refractivity contribution in [3.05, 3.63) is 22.9 Å². The molecule has 1 aromatic heterocycles. The summed E-state index contributed by atoms with van der Waals surface area (Å²) in [5.41, 5.74) is 2.97. The molecule has 0 saturated heterocycles. The highest BCUT2D eigenvalue weighted by Crippen LogP contribution is 2.18. The van der Waals surface area contributed by atoms with E-state index in [1.54, 1.807) is 0 Å². The van der Waals surface area contributed by atoms with Crippen molar-refractivity contribution in [3.8, 4) is 6.07 Å². The average molecular weight is 217 g/mol. The van der Waals surface area contributed by atoms with Crippen LogP contribution in [-0.4, -0.2) is 11.5 Å². The molecule has 86 valence electrons. The van der Waals surface area contributed by atoms with Gasteiger partial charge in [-0.1, -0.05) is 20.3 Å². The Morgan fingerprint density at radius 1 is 1.38 bits per heavy atom. The second-order valence-electron chi connectivity index (χ2n) is 3.74. The first-order valence-corrected chi connectivity index (χ1v) is 5.93. The van der Waals surface area contributed by atoms with Gasteiger partial charge in [0.1, 0.15) is 11.9 Å². The summed E-state index contributed by atoms with van der Waals surface area (Å²) in [7, 11) is 0. The maximum absolute atomic E-state index is 9.06. The molecule has 0 aliphatic heterocycles. The normalized spacial score (nSPS) is 9.88. The maximum atomic E-state index is 9.06. The SMILES string of the molecule is CCCc1nc(NCC)c(C#N)cc1CC. The third-order valence-corrected chi connectivity index (χ3v) is 2.52. The number of nitrogens with one attached hydrogen (secondary N) is 1. The zero-order valence-corrected chi connectivity index (χ0v) is 10.3. The molecule has 1 rings (SSSR count). The molecule has 0 saturated carbocycles. The Morgan fingerprint density at radius 2 is 2.12 bits per heavy atom. The first-order valence-electron chi connectivity index (χ1n) is 5.93. The van der Waals surface area contributed by atoms with Crippen LogP contribution in [0.1, 0.15) is 44.0 Å². The quantitative estimate of drug-likeness (QED) is 0.825. The molecule has 0 aromatic carbocycles. The van der Waals surface area contributed by atoms with E-state index in [0.29, 0.717) is 5.56 Å². The fourth-order valence-corrected chi connectivity index (χ4v) is 1.74. The number of rotatable bonds is 5. The van der Waals surface area contributed by atoms with Crippen LogP contribution in [0.15, 0.2) is 6.07 Å². The minimum absolute atomic E-state index is 0.651. The monoisotopic (exact) mass is 217 g/mol. The molecule has 16 heavy (non-hydrogen) atoms. The molecule has 0 fully saturated rings. The van der Waals surface area contributed by atoms with E-state index in [4.69, 9.17) is 5.26 Å². The van der Waals surface area contributed by atoms with Crippen LogP contribution in [0, 0.1) is 11.3 Å². The topological polar surface area (TPSA) is 48.7 Å². The van der Waals surface area contributed by atoms with E-state index in [0.717, 1.165) is 37.3 Å². The number of nitrogens with zero attached hydrogens (tertiary/aromatic N) is 2. The third kappa shape index (κ3) is 2.73. The van der Waals surface area contributed by atoms with Gasteiger partial charge in [-0.2, -0.15) is 5.26 Å². The van der Waals surface area contributed by atoms with Gasteiger partial charge in [0.2, 0.25) is 0 Å². The largest absolute Gasteiger partial charge is 0.369 e. The molecule has 1 aromatic rings. The minimum Gasteiger partial charge on any atom is -0.369 e. The van der Waals surface area contributed by atoms with E-state index in [-0.39, 0.29) is 0 Å². The van der Waals surface area contributed by atoms with Crippen LogP contribution in [0.2, 0.25) is 0 Å². The molecule has 3 nitrogen and oxygen atoms in total. The summed E-state index contributed by atoms with van der Waals surface area (Å²) in [5.74, 6) is 0.727. The number of aromatic nitrogens is 1. The smallest absolute Gasteiger partial charge is 0.144 e. The number of aryl methyl sites for hydroxylation is 2. The summed E-state index contributed by atoms with van der Waals surface area (Å²) in [4.78, 5) is 4.56. The summed E-state index contributed by atoms with van der Waals surface area (Å²) in [6.07, 6.45) is 2.99. The predicted molar refractivity (Wildman–Crippen MR) is 66.5 cm³/mol. The van der Waals surface area contributed by atoms with Gasteiger partial charge in [-0.3, -0.25) is 0 Å². The van der Waals surface area contributed by atoms with Crippen LogP contribution in [-0.2, 0) is 12.8 Å². The first kappa shape index (κ1) is 12.5. The van der Waals surface area contributed by atoms with Crippen molar-refractivity contribution >= 4 is 5.82 Å². The van der Waals surface area contributed by atoms with Crippen LogP contribution in [0.3, 0.4) is 0 Å². The van der Waals surface area contributed by atoms with Gasteiger partial charge >= 0.3 is 0 Å². The molecule has 0 aliphatic carbocycles. The van der Waals surface area contributed by atoms with E-state index < -0.39 is 0 Å². The molecule has 0 bridgehead atoms. The molecule has 0 spiro atoms. The van der Waals surface area contributed by atoms with Gasteiger partial charge in [0.15, 0.2) is 0 Å². The van der Waals surface area contributed by atoms with E-state index in [1.165, 1.54) is 5.56 Å². The zero-order chi connectivity index (χ0) is 12.0. The van der Waals surface area contributed by atoms with Crippen molar-refractivity contribution in [2.24, 2.45) is 0 Å². The molecule has 0 amide bonds. The summed E-state index contributed by atoms with van der Waals surface area (Å²) in [5, 5.41) is 12.2. The predicted octanol–water partition coefficient (Wildman–Crippen LogP) is 2.90. The standard InChI is InChI=1S/C13H19N3/c1-4-7-12-10(5-2)8-11(9-14)13(16-12)15-6-3/h8H,4-7H2,1-3H3,(H,15,16). The molecule has 0 unspecified atom stereocenters. The lowest BCUT2D eigenvalue weighted by molar-refractivity contribution is 0.856. The molecule has 1 N–H and O–H groups in total. The second-order valence-corrected chi connectivity index (χ2v) is 3.74. The number of hydrogen-bond acceptors (Lipinski definition) is 3. The molecule has 0 atom stereocenters. The summed E-state index contributed by atoms with van der Waals surface area (Å²) >= 11 is 0. The van der Waals surface area contributed by atoms with Gasteiger partial charge in [-0.25, -0.2) is 4.98 Å². The maximum Gasteiger partial charge on any atom is 0.144 e. The average Bonchev–Trinajstić information content (AvgIpc) is 2.30. The van der Waals surface area contributed by atoms with Gasteiger partial charge < -0.3 is 5.32 Å². The summed E-state index contributed by atoms with van der Waals surface area (Å²) in [6, 6.07) is 4.17. The van der Waals surface area contributed by atoms with Crippen LogP contribution >= 0.6 is 0 Å². The molecule has 0 radical (unpaired) electrons. The van der Waals surface area contributed by atoms with Crippen molar-refractivity contribution in [1.29, 1.82) is 5.26 Å². The third-order valence-electron chi connectivity index (χ3n) is 2.52. The molecule has 0 aliphatic rings. The van der Waals surface area contributed by atoms with Gasteiger partial charge in [-0.15, -0.1) is 0 Å². The number of hydrogen-bond donors (Lipinski definition) is 1.